The van der Waals surface area contributed by atoms with Crippen LogP contribution in [0.4, 0.5) is 0 Å². The van der Waals surface area contributed by atoms with Crippen LogP contribution in [0.25, 0.3) is 317 Å². The van der Waals surface area contributed by atoms with E-state index >= 15 is 0 Å². The van der Waals surface area contributed by atoms with Crippen LogP contribution in [-0.4, -0.2) is 0 Å². The van der Waals surface area contributed by atoms with Gasteiger partial charge in [0.2, 0.25) is 0 Å². The first-order chi connectivity index (χ1) is 73.3. The first-order valence-corrected chi connectivity index (χ1v) is 51.4. The Kier molecular flexibility index (Phi) is 18.3. The quantitative estimate of drug-likeness (QED) is 0.112. The predicted molar refractivity (Wildman–Crippen MR) is 628 cm³/mol. The number of rotatable bonds is 8. The molecule has 28 aromatic carbocycles. The lowest BCUT2D eigenvalue weighted by Crippen LogP contribution is -2.15. The van der Waals surface area contributed by atoms with Gasteiger partial charge in [0.05, 0.1) is 0 Å². The van der Waals surface area contributed by atoms with E-state index in [9.17, 15) is 0 Å². The minimum absolute atomic E-state index is 0.177. The van der Waals surface area contributed by atoms with E-state index in [1.54, 1.807) is 0 Å². The van der Waals surface area contributed by atoms with Crippen LogP contribution < -0.4 is 0 Å². The van der Waals surface area contributed by atoms with E-state index in [1.165, 1.54) is 246 Å². The molecule has 31 aromatic rings. The predicted octanol–water partition coefficient (Wildman–Crippen LogP) is 41.3. The lowest BCUT2D eigenvalue weighted by Gasteiger charge is -2.24. The summed E-state index contributed by atoms with van der Waals surface area (Å²) in [4.78, 5) is 0. The van der Waals surface area contributed by atoms with Crippen molar-refractivity contribution in [2.45, 2.75) is 19.3 Å². The van der Waals surface area contributed by atoms with Gasteiger partial charge >= 0.3 is 0 Å². The van der Waals surface area contributed by atoms with Crippen LogP contribution in [-0.2, 0) is 5.41 Å². The average Bonchev–Trinajstić information content (AvgIpc) is 1.40. The Bertz CT molecular complexity index is 10900. The highest BCUT2D eigenvalue weighted by molar-refractivity contribution is 6.36. The number of para-hydroxylation sites is 3. The van der Waals surface area contributed by atoms with Crippen molar-refractivity contribution in [3.8, 4) is 122 Å². The topological polar surface area (TPSA) is 39.4 Å². The average molecular weight is 1880 g/mol. The standard InChI is InChI=1S/C49H32O.2C48H28O/c1-49(2)41-25-13-11-23-37(41)47-42(49)28-40(46-38-24-12-14-26-43(38)50-48(46)47)45-35-21-9-7-19-33(35)44(34-20-8-10-22-36(34)45)39-27-29-15-3-4-16-30(29)31-17-5-6-18-32(31)39;1-2-12-29(13-3-1)33-26-27-40(47-39-21-8-9-23-42(39)49-48(33)47)45-34-17-4-6-19-36(34)46(37-20-7-5-18-35(37)45)41-28-32-16-10-14-30-24-25-31-15-11-22-38(41)44(31)43(30)32;1-2-13-29(14-3-1)30-25-28-42(47-41-21-10-11-24-43(41)49-48(30)47)46-36-19-8-6-17-34(36)45(35-18-7-9-20-37(35)46)40-27-26-39-32-16-5-4-15-31(32)33-22-12-23-38(40)44(33)39/h3-28H,1-2H3;2*1-28H. The van der Waals surface area contributed by atoms with Gasteiger partial charge in [-0.1, -0.05) is 463 Å². The highest BCUT2D eigenvalue weighted by atomic mass is 16.3. The molecule has 3 nitrogen and oxygen atoms in total. The van der Waals surface area contributed by atoms with Gasteiger partial charge in [0.1, 0.15) is 33.5 Å². The van der Waals surface area contributed by atoms with Gasteiger partial charge in [-0.15, -0.1) is 0 Å². The van der Waals surface area contributed by atoms with E-state index in [1.807, 2.05) is 0 Å². The minimum Gasteiger partial charge on any atom is -0.455 e. The number of benzene rings is 28. The molecule has 3 heterocycles. The molecule has 0 bridgehead atoms. The highest BCUT2D eigenvalue weighted by Crippen LogP contribution is 2.61. The van der Waals surface area contributed by atoms with Crippen LogP contribution in [0.3, 0.4) is 0 Å². The van der Waals surface area contributed by atoms with Crippen LogP contribution in [0.2, 0.25) is 0 Å². The van der Waals surface area contributed by atoms with Crippen LogP contribution >= 0.6 is 0 Å². The molecule has 686 valence electrons. The molecule has 33 rings (SSSR count). The minimum atomic E-state index is -0.177. The maximum absolute atomic E-state index is 6.91. The zero-order valence-corrected chi connectivity index (χ0v) is 81.1. The monoisotopic (exact) mass is 1880 g/mol. The third-order valence-electron chi connectivity index (χ3n) is 32.6. The Labute approximate surface area is 852 Å². The molecule has 0 spiro atoms. The summed E-state index contributed by atoms with van der Waals surface area (Å²) in [6.07, 6.45) is 0. The number of fused-ring (bicyclic) bond motifs is 25. The van der Waals surface area contributed by atoms with Crippen molar-refractivity contribution in [1.82, 2.24) is 0 Å². The number of hydrogen-bond donors (Lipinski definition) is 0. The Hall–Kier alpha value is -19.1. The zero-order chi connectivity index (χ0) is 97.2. The molecule has 2 aliphatic rings. The molecule has 0 fully saturated rings. The first kappa shape index (κ1) is 83.5. The van der Waals surface area contributed by atoms with Crippen LogP contribution in [0.5, 0.6) is 0 Å². The summed E-state index contributed by atoms with van der Waals surface area (Å²) in [6, 6.07) is 182. The van der Waals surface area contributed by atoms with Crippen molar-refractivity contribution in [3.05, 3.63) is 509 Å². The molecule has 0 aliphatic heterocycles. The number of furan rings is 3. The Balaban J connectivity index is 0.000000100. The van der Waals surface area contributed by atoms with E-state index in [0.29, 0.717) is 0 Å². The zero-order valence-electron chi connectivity index (χ0n) is 81.1. The van der Waals surface area contributed by atoms with Gasteiger partial charge in [-0.2, -0.15) is 0 Å². The molecule has 3 aromatic heterocycles. The molecule has 0 saturated heterocycles. The number of hydrogen-bond acceptors (Lipinski definition) is 3. The van der Waals surface area contributed by atoms with Crippen LogP contribution in [0.15, 0.2) is 511 Å². The summed E-state index contributed by atoms with van der Waals surface area (Å²) in [5, 5.41) is 37.4. The smallest absolute Gasteiger partial charge is 0.144 e. The van der Waals surface area contributed by atoms with Crippen LogP contribution in [0, 0.1) is 0 Å². The van der Waals surface area contributed by atoms with Gasteiger partial charge in [-0.05, 0) is 295 Å². The maximum atomic E-state index is 6.91. The van der Waals surface area contributed by atoms with Crippen molar-refractivity contribution >= 4 is 195 Å². The third-order valence-corrected chi connectivity index (χ3v) is 32.6. The van der Waals surface area contributed by atoms with Gasteiger partial charge in [0.15, 0.2) is 0 Å². The lowest BCUT2D eigenvalue weighted by atomic mass is 9.79. The third kappa shape index (κ3) is 12.2. The largest absolute Gasteiger partial charge is 0.455 e. The molecule has 0 radical (unpaired) electrons. The van der Waals surface area contributed by atoms with Crippen molar-refractivity contribution < 1.29 is 13.3 Å². The summed E-state index contributed by atoms with van der Waals surface area (Å²) in [5.41, 5.74) is 35.3. The Morgan fingerprint density at radius 3 is 0.926 bits per heavy atom. The van der Waals surface area contributed by atoms with Gasteiger partial charge in [0.25, 0.3) is 0 Å². The van der Waals surface area contributed by atoms with Crippen molar-refractivity contribution in [2.24, 2.45) is 0 Å². The van der Waals surface area contributed by atoms with Gasteiger partial charge in [-0.3, -0.25) is 0 Å². The van der Waals surface area contributed by atoms with Crippen molar-refractivity contribution in [3.63, 3.8) is 0 Å². The molecular formula is C145H88O3. The maximum Gasteiger partial charge on any atom is 0.144 e. The molecule has 148 heavy (non-hydrogen) atoms. The second kappa shape index (κ2) is 32.5. The molecule has 0 unspecified atom stereocenters. The van der Waals surface area contributed by atoms with Crippen molar-refractivity contribution in [2.75, 3.05) is 0 Å². The fraction of sp³-hybridized carbons (Fsp3) is 0.0207. The Morgan fingerprint density at radius 2 is 0.432 bits per heavy atom. The summed E-state index contributed by atoms with van der Waals surface area (Å²) in [7, 11) is 0. The molecule has 0 saturated carbocycles. The van der Waals surface area contributed by atoms with E-state index in [2.05, 4.69) is 511 Å². The fourth-order valence-electron chi connectivity index (χ4n) is 26.4. The van der Waals surface area contributed by atoms with Crippen molar-refractivity contribution in [1.29, 1.82) is 0 Å². The lowest BCUT2D eigenvalue weighted by molar-refractivity contribution is 0.653. The molecule has 0 atom stereocenters. The normalized spacial score (nSPS) is 12.6. The molecular weight excluding hydrogens is 1790 g/mol. The molecule has 3 heteroatoms. The molecule has 2 aliphatic carbocycles. The Morgan fingerprint density at radius 1 is 0.135 bits per heavy atom. The molecule has 0 amide bonds. The molecule has 0 N–H and O–H groups in total. The van der Waals surface area contributed by atoms with E-state index in [4.69, 9.17) is 13.3 Å². The fourth-order valence-corrected chi connectivity index (χ4v) is 26.4. The van der Waals surface area contributed by atoms with E-state index in [-0.39, 0.29) is 5.41 Å². The van der Waals surface area contributed by atoms with Crippen LogP contribution in [0.1, 0.15) is 25.0 Å². The van der Waals surface area contributed by atoms with E-state index < -0.39 is 0 Å². The van der Waals surface area contributed by atoms with Gasteiger partial charge < -0.3 is 13.3 Å². The highest BCUT2D eigenvalue weighted by Gasteiger charge is 2.40. The summed E-state index contributed by atoms with van der Waals surface area (Å²) in [5.74, 6) is 0. The van der Waals surface area contributed by atoms with E-state index in [0.717, 1.165) is 82.7 Å². The second-order valence-corrected chi connectivity index (χ2v) is 40.6. The summed E-state index contributed by atoms with van der Waals surface area (Å²) < 4.78 is 20.4. The van der Waals surface area contributed by atoms with Gasteiger partial charge in [0, 0.05) is 54.4 Å². The summed E-state index contributed by atoms with van der Waals surface area (Å²) in [6.45, 7) is 4.72. The van der Waals surface area contributed by atoms with Gasteiger partial charge in [-0.25, -0.2) is 0 Å². The first-order valence-electron chi connectivity index (χ1n) is 51.4. The summed E-state index contributed by atoms with van der Waals surface area (Å²) >= 11 is 0. The SMILES string of the molecule is CC1(C)c2ccccc2-c2c1cc(-c1c3ccccc3c(-c3cc4ccccc4c4ccccc34)c3ccccc13)c1c2oc2ccccc21.c1ccc(-c2ccc(-c3c4ccccc4c(-c4cc5cccc6ccc7cccc4c7c65)c4ccccc34)c3c2oc2ccccc23)cc1.c1ccc(-c2ccc(-c3c4ccccc4c(-c4ccc5c6c(cccc46)-c4ccccc4-5)c4ccccc34)c3c2oc2ccccc23)cc1. The second-order valence-electron chi connectivity index (χ2n) is 40.6.